The molecule has 0 bridgehead atoms. The average Bonchev–Trinajstić information content (AvgIpc) is 2.34. The van der Waals surface area contributed by atoms with Crippen LogP contribution in [0.5, 0.6) is 0 Å². The van der Waals surface area contributed by atoms with Gasteiger partial charge in [-0.25, -0.2) is 0 Å². The summed E-state index contributed by atoms with van der Waals surface area (Å²) < 4.78 is 0. The molecule has 1 fully saturated rings. The molecule has 0 aromatic heterocycles. The normalized spacial score (nSPS) is 21.0. The van der Waals surface area contributed by atoms with E-state index in [0.29, 0.717) is 5.02 Å². The molecule has 1 aliphatic heterocycles. The maximum atomic E-state index is 12.9. The van der Waals surface area contributed by atoms with Gasteiger partial charge in [-0.1, -0.05) is 23.7 Å². The predicted octanol–water partition coefficient (Wildman–Crippen LogP) is 4.04. The van der Waals surface area contributed by atoms with Crippen molar-refractivity contribution in [2.24, 2.45) is 0 Å². The minimum atomic E-state index is -0.607. The Kier molecular flexibility index (Phi) is 4.85. The van der Waals surface area contributed by atoms with E-state index < -0.39 is 5.41 Å². The van der Waals surface area contributed by atoms with Crippen molar-refractivity contribution in [3.8, 4) is 0 Å². The Labute approximate surface area is 145 Å². The maximum Gasteiger partial charge on any atom is 0.230 e. The van der Waals surface area contributed by atoms with Crippen LogP contribution in [0.4, 0.5) is 0 Å². The molecular formula is C19H29ClN2O. The van der Waals surface area contributed by atoms with Crippen molar-refractivity contribution in [2.75, 3.05) is 0 Å². The summed E-state index contributed by atoms with van der Waals surface area (Å²) in [6.45, 7) is 12.7. The predicted molar refractivity (Wildman–Crippen MR) is 96.9 cm³/mol. The van der Waals surface area contributed by atoms with E-state index in [0.717, 1.165) is 18.4 Å². The van der Waals surface area contributed by atoms with Crippen molar-refractivity contribution in [3.05, 3.63) is 34.9 Å². The number of carbonyl (C=O) groups excluding carboxylic acids is 1. The Bertz CT molecular complexity index is 577. The Balaban J connectivity index is 2.14. The Morgan fingerprint density at radius 3 is 2.30 bits per heavy atom. The van der Waals surface area contributed by atoms with E-state index >= 15 is 0 Å². The quantitative estimate of drug-likeness (QED) is 0.874. The number of amides is 1. The minimum Gasteiger partial charge on any atom is -0.352 e. The van der Waals surface area contributed by atoms with Crippen LogP contribution in [0.3, 0.4) is 0 Å². The summed E-state index contributed by atoms with van der Waals surface area (Å²) in [6, 6.07) is 7.73. The first kappa shape index (κ1) is 18.3. The average molecular weight is 337 g/mol. The smallest absolute Gasteiger partial charge is 0.230 e. The molecule has 0 spiro atoms. The highest BCUT2D eigenvalue weighted by molar-refractivity contribution is 6.30. The fourth-order valence-electron chi connectivity index (χ4n) is 3.80. The highest BCUT2D eigenvalue weighted by Crippen LogP contribution is 2.30. The van der Waals surface area contributed by atoms with E-state index in [9.17, 15) is 4.79 Å². The number of benzene rings is 1. The van der Waals surface area contributed by atoms with Crippen LogP contribution < -0.4 is 10.6 Å². The van der Waals surface area contributed by atoms with Gasteiger partial charge in [0.05, 0.1) is 5.41 Å². The largest absolute Gasteiger partial charge is 0.352 e. The molecule has 128 valence electrons. The van der Waals surface area contributed by atoms with E-state index in [1.165, 1.54) is 0 Å². The lowest BCUT2D eigenvalue weighted by Gasteiger charge is -2.47. The van der Waals surface area contributed by atoms with Crippen molar-refractivity contribution >= 4 is 17.5 Å². The molecule has 2 rings (SSSR count). The maximum absolute atomic E-state index is 12.9. The highest BCUT2D eigenvalue weighted by Gasteiger charge is 2.40. The highest BCUT2D eigenvalue weighted by atomic mass is 35.5. The van der Waals surface area contributed by atoms with Crippen molar-refractivity contribution in [1.82, 2.24) is 10.6 Å². The Morgan fingerprint density at radius 2 is 1.78 bits per heavy atom. The van der Waals surface area contributed by atoms with Gasteiger partial charge < -0.3 is 10.6 Å². The third-order valence-electron chi connectivity index (χ3n) is 4.64. The second kappa shape index (κ2) is 6.10. The van der Waals surface area contributed by atoms with Crippen molar-refractivity contribution in [1.29, 1.82) is 0 Å². The second-order valence-corrected chi connectivity index (χ2v) is 9.04. The summed E-state index contributed by atoms with van der Waals surface area (Å²) in [6.07, 6.45) is 1.85. The van der Waals surface area contributed by atoms with Gasteiger partial charge in [-0.2, -0.15) is 0 Å². The summed E-state index contributed by atoms with van der Waals surface area (Å²) in [5.41, 5.74) is 0.360. The molecule has 4 heteroatoms. The summed E-state index contributed by atoms with van der Waals surface area (Å²) in [5, 5.41) is 7.57. The fraction of sp³-hybridized carbons (Fsp3) is 0.632. The van der Waals surface area contributed by atoms with Crippen molar-refractivity contribution in [2.45, 2.75) is 76.9 Å². The van der Waals surface area contributed by atoms with Crippen LogP contribution in [0.1, 0.15) is 59.9 Å². The molecule has 2 N–H and O–H groups in total. The minimum absolute atomic E-state index is 0.0138. The Hall–Kier alpha value is -1.06. The number of hydrogen-bond donors (Lipinski definition) is 2. The van der Waals surface area contributed by atoms with Gasteiger partial charge in [0.25, 0.3) is 0 Å². The molecule has 1 saturated heterocycles. The zero-order valence-corrected chi connectivity index (χ0v) is 15.8. The molecular weight excluding hydrogens is 308 g/mol. The lowest BCUT2D eigenvalue weighted by molar-refractivity contribution is -0.127. The topological polar surface area (TPSA) is 41.1 Å². The summed E-state index contributed by atoms with van der Waals surface area (Å²) in [4.78, 5) is 12.9. The van der Waals surface area contributed by atoms with Gasteiger partial charge >= 0.3 is 0 Å². The van der Waals surface area contributed by atoms with Gasteiger partial charge in [-0.15, -0.1) is 0 Å². The molecule has 1 aromatic rings. The van der Waals surface area contributed by atoms with Crippen LogP contribution in [-0.2, 0) is 10.2 Å². The van der Waals surface area contributed by atoms with Crippen LogP contribution in [0, 0.1) is 0 Å². The van der Waals surface area contributed by atoms with E-state index in [1.54, 1.807) is 0 Å². The monoisotopic (exact) mass is 336 g/mol. The van der Waals surface area contributed by atoms with Gasteiger partial charge in [-0.3, -0.25) is 4.79 Å². The molecule has 0 radical (unpaired) electrons. The molecule has 1 amide bonds. The SMILES string of the molecule is CC1(C)CC(NC(=O)C(C)(C)c2cccc(Cl)c2)CC(C)(C)N1. The third kappa shape index (κ3) is 4.48. The zero-order chi connectivity index (χ0) is 17.5. The van der Waals surface area contributed by atoms with E-state index in [-0.39, 0.29) is 23.0 Å². The molecule has 1 heterocycles. The summed E-state index contributed by atoms with van der Waals surface area (Å²) in [7, 11) is 0. The fourth-order valence-corrected chi connectivity index (χ4v) is 3.99. The summed E-state index contributed by atoms with van der Waals surface area (Å²) in [5.74, 6) is 0.0540. The van der Waals surface area contributed by atoms with Gasteiger partial charge in [0.2, 0.25) is 5.91 Å². The van der Waals surface area contributed by atoms with E-state index in [1.807, 2.05) is 38.1 Å². The van der Waals surface area contributed by atoms with Gasteiger partial charge in [-0.05, 0) is 72.1 Å². The lowest BCUT2D eigenvalue weighted by atomic mass is 9.78. The van der Waals surface area contributed by atoms with Gasteiger partial charge in [0, 0.05) is 22.1 Å². The van der Waals surface area contributed by atoms with Crippen LogP contribution in [0.15, 0.2) is 24.3 Å². The zero-order valence-electron chi connectivity index (χ0n) is 15.1. The van der Waals surface area contributed by atoms with Crippen LogP contribution in [0.25, 0.3) is 0 Å². The molecule has 1 aliphatic rings. The summed E-state index contributed by atoms with van der Waals surface area (Å²) >= 11 is 6.08. The molecule has 23 heavy (non-hydrogen) atoms. The molecule has 0 unspecified atom stereocenters. The first-order chi connectivity index (χ1) is 10.4. The first-order valence-corrected chi connectivity index (χ1v) is 8.65. The number of nitrogens with one attached hydrogen (secondary N) is 2. The number of hydrogen-bond acceptors (Lipinski definition) is 2. The van der Waals surface area contributed by atoms with Gasteiger partial charge in [0.1, 0.15) is 0 Å². The third-order valence-corrected chi connectivity index (χ3v) is 4.87. The molecule has 0 saturated carbocycles. The molecule has 1 aromatic carbocycles. The van der Waals surface area contributed by atoms with Crippen molar-refractivity contribution < 1.29 is 4.79 Å². The molecule has 0 atom stereocenters. The number of rotatable bonds is 3. The number of halogens is 1. The van der Waals surface area contributed by atoms with Crippen LogP contribution >= 0.6 is 11.6 Å². The number of carbonyl (C=O) groups is 1. The van der Waals surface area contributed by atoms with Crippen LogP contribution in [-0.4, -0.2) is 23.0 Å². The van der Waals surface area contributed by atoms with E-state index in [2.05, 4.69) is 38.3 Å². The van der Waals surface area contributed by atoms with E-state index in [4.69, 9.17) is 11.6 Å². The molecule has 0 aliphatic carbocycles. The van der Waals surface area contributed by atoms with Crippen molar-refractivity contribution in [3.63, 3.8) is 0 Å². The molecule has 3 nitrogen and oxygen atoms in total. The first-order valence-electron chi connectivity index (χ1n) is 8.28. The standard InChI is InChI=1S/C19H29ClN2O/c1-17(2)11-15(12-18(3,4)22-17)21-16(23)19(5,6)13-8-7-9-14(20)10-13/h7-10,15,22H,11-12H2,1-6H3,(H,21,23). The number of piperidine rings is 1. The second-order valence-electron chi connectivity index (χ2n) is 8.61. The lowest BCUT2D eigenvalue weighted by Crippen LogP contribution is -2.63. The van der Waals surface area contributed by atoms with Crippen LogP contribution in [0.2, 0.25) is 5.02 Å². The Morgan fingerprint density at radius 1 is 1.22 bits per heavy atom. The van der Waals surface area contributed by atoms with Gasteiger partial charge in [0.15, 0.2) is 0 Å².